The molecule has 5 heteroatoms. The van der Waals surface area contributed by atoms with Gasteiger partial charge in [-0.05, 0) is 12.8 Å². The first-order valence-corrected chi connectivity index (χ1v) is 6.70. The average molecular weight is 260 g/mol. The van der Waals surface area contributed by atoms with Gasteiger partial charge >= 0.3 is 11.9 Å². The summed E-state index contributed by atoms with van der Waals surface area (Å²) in [7, 11) is 0. The van der Waals surface area contributed by atoms with Crippen molar-refractivity contribution in [2.75, 3.05) is 6.61 Å². The molecule has 0 saturated heterocycles. The van der Waals surface area contributed by atoms with E-state index in [0.717, 1.165) is 12.8 Å². The first-order chi connectivity index (χ1) is 8.70. The third-order valence-corrected chi connectivity index (χ3v) is 2.62. The fraction of sp³-hybridized carbons (Fsp3) is 0.846. The highest BCUT2D eigenvalue weighted by Gasteiger charge is 2.06. The van der Waals surface area contributed by atoms with Crippen LogP contribution in [0.3, 0.4) is 0 Å². The van der Waals surface area contributed by atoms with Crippen LogP contribution in [0.15, 0.2) is 0 Å². The summed E-state index contributed by atoms with van der Waals surface area (Å²) in [5, 5.41) is 8.00. The van der Waals surface area contributed by atoms with Gasteiger partial charge in [0.2, 0.25) is 0 Å². The second-order valence-electron chi connectivity index (χ2n) is 4.31. The fourth-order valence-corrected chi connectivity index (χ4v) is 1.56. The van der Waals surface area contributed by atoms with Gasteiger partial charge in [0.15, 0.2) is 0 Å². The van der Waals surface area contributed by atoms with Crippen molar-refractivity contribution in [1.82, 2.24) is 0 Å². The third kappa shape index (κ3) is 11.4. The van der Waals surface area contributed by atoms with E-state index in [9.17, 15) is 9.59 Å². The average Bonchev–Trinajstić information content (AvgIpc) is 2.37. The van der Waals surface area contributed by atoms with Crippen molar-refractivity contribution >= 4 is 11.9 Å². The third-order valence-electron chi connectivity index (χ3n) is 2.62. The van der Waals surface area contributed by atoms with Gasteiger partial charge in [0.05, 0.1) is 6.61 Å². The Morgan fingerprint density at radius 2 is 1.50 bits per heavy atom. The molecule has 0 aliphatic carbocycles. The molecule has 0 radical (unpaired) electrons. The maximum absolute atomic E-state index is 11.2. The molecule has 0 heterocycles. The minimum atomic E-state index is -0.723. The SMILES string of the molecule is CCCCCCCCOC(=O)CCCC(=O)OO. The Morgan fingerprint density at radius 1 is 0.889 bits per heavy atom. The lowest BCUT2D eigenvalue weighted by molar-refractivity contribution is -0.234. The monoisotopic (exact) mass is 260 g/mol. The normalized spacial score (nSPS) is 10.1. The number of unbranched alkanes of at least 4 members (excludes halogenated alkanes) is 5. The van der Waals surface area contributed by atoms with E-state index in [1.165, 1.54) is 25.7 Å². The van der Waals surface area contributed by atoms with Crippen LogP contribution < -0.4 is 0 Å². The maximum atomic E-state index is 11.2. The van der Waals surface area contributed by atoms with Gasteiger partial charge in [0, 0.05) is 12.8 Å². The van der Waals surface area contributed by atoms with Gasteiger partial charge in [-0.2, -0.15) is 5.26 Å². The van der Waals surface area contributed by atoms with Crippen LogP contribution in [0.5, 0.6) is 0 Å². The summed E-state index contributed by atoms with van der Waals surface area (Å²) >= 11 is 0. The summed E-state index contributed by atoms with van der Waals surface area (Å²) < 4.78 is 5.01. The quantitative estimate of drug-likeness (QED) is 0.267. The second kappa shape index (κ2) is 12.4. The predicted octanol–water partition coefficient (Wildman–Crippen LogP) is 3.08. The molecule has 0 spiro atoms. The molecule has 18 heavy (non-hydrogen) atoms. The second-order valence-corrected chi connectivity index (χ2v) is 4.31. The van der Waals surface area contributed by atoms with Gasteiger partial charge in [-0.1, -0.05) is 39.0 Å². The summed E-state index contributed by atoms with van der Waals surface area (Å²) in [6.07, 6.45) is 7.47. The summed E-state index contributed by atoms with van der Waals surface area (Å²) in [5.41, 5.74) is 0. The van der Waals surface area contributed by atoms with E-state index in [1.807, 2.05) is 0 Å². The molecule has 0 aromatic rings. The number of hydrogen-bond acceptors (Lipinski definition) is 5. The Balaban J connectivity index is 3.24. The van der Waals surface area contributed by atoms with E-state index < -0.39 is 5.97 Å². The lowest BCUT2D eigenvalue weighted by Crippen LogP contribution is -2.07. The molecule has 0 atom stereocenters. The number of esters is 1. The van der Waals surface area contributed by atoms with Crippen LogP contribution >= 0.6 is 0 Å². The standard InChI is InChI=1S/C13H24O5/c1-2-3-4-5-6-7-11-17-12(14)9-8-10-13(15)18-16/h16H,2-11H2,1H3. The zero-order valence-corrected chi connectivity index (χ0v) is 11.2. The molecule has 0 amide bonds. The Morgan fingerprint density at radius 3 is 2.17 bits per heavy atom. The Labute approximate surface area is 108 Å². The van der Waals surface area contributed by atoms with E-state index in [0.29, 0.717) is 13.0 Å². The Hall–Kier alpha value is -1.10. The molecular weight excluding hydrogens is 236 g/mol. The van der Waals surface area contributed by atoms with E-state index in [2.05, 4.69) is 11.8 Å². The number of carbonyl (C=O) groups is 2. The van der Waals surface area contributed by atoms with Crippen molar-refractivity contribution in [3.05, 3.63) is 0 Å². The molecular formula is C13H24O5. The Bertz CT molecular complexity index is 227. The van der Waals surface area contributed by atoms with E-state index in [-0.39, 0.29) is 18.8 Å². The van der Waals surface area contributed by atoms with Gasteiger partial charge in [-0.25, -0.2) is 4.79 Å². The van der Waals surface area contributed by atoms with E-state index >= 15 is 0 Å². The highest BCUT2D eigenvalue weighted by Crippen LogP contribution is 2.05. The van der Waals surface area contributed by atoms with Crippen molar-refractivity contribution in [1.29, 1.82) is 0 Å². The van der Waals surface area contributed by atoms with E-state index in [1.54, 1.807) is 0 Å². The summed E-state index contributed by atoms with van der Waals surface area (Å²) in [6.45, 7) is 2.63. The predicted molar refractivity (Wildman–Crippen MR) is 66.9 cm³/mol. The zero-order valence-electron chi connectivity index (χ0n) is 11.2. The first kappa shape index (κ1) is 16.9. The van der Waals surface area contributed by atoms with Gasteiger partial charge in [0.1, 0.15) is 0 Å². The molecule has 0 aliphatic rings. The van der Waals surface area contributed by atoms with Crippen molar-refractivity contribution in [3.8, 4) is 0 Å². The Kier molecular flexibility index (Phi) is 11.6. The minimum absolute atomic E-state index is 0.0304. The number of carbonyl (C=O) groups excluding carboxylic acids is 2. The van der Waals surface area contributed by atoms with Crippen molar-refractivity contribution in [2.24, 2.45) is 0 Å². The fourth-order valence-electron chi connectivity index (χ4n) is 1.56. The molecule has 0 aliphatic heterocycles. The molecule has 0 saturated carbocycles. The van der Waals surface area contributed by atoms with Crippen LogP contribution in [0.1, 0.15) is 64.7 Å². The van der Waals surface area contributed by atoms with E-state index in [4.69, 9.17) is 9.99 Å². The van der Waals surface area contributed by atoms with Gasteiger partial charge in [-0.3, -0.25) is 4.79 Å². The number of rotatable bonds is 11. The topological polar surface area (TPSA) is 72.8 Å². The molecule has 106 valence electrons. The molecule has 0 bridgehead atoms. The smallest absolute Gasteiger partial charge is 0.342 e. The molecule has 0 aromatic carbocycles. The molecule has 0 fully saturated rings. The minimum Gasteiger partial charge on any atom is -0.466 e. The van der Waals surface area contributed by atoms with Crippen molar-refractivity contribution in [2.45, 2.75) is 64.7 Å². The van der Waals surface area contributed by atoms with Gasteiger partial charge in [-0.15, -0.1) is 0 Å². The molecule has 5 nitrogen and oxygen atoms in total. The zero-order chi connectivity index (χ0) is 13.6. The largest absolute Gasteiger partial charge is 0.466 e. The lowest BCUT2D eigenvalue weighted by Gasteiger charge is -2.04. The van der Waals surface area contributed by atoms with Crippen molar-refractivity contribution < 1.29 is 24.5 Å². The number of hydrogen-bond donors (Lipinski definition) is 1. The van der Waals surface area contributed by atoms with Crippen LogP contribution in [0.4, 0.5) is 0 Å². The van der Waals surface area contributed by atoms with Gasteiger partial charge in [0.25, 0.3) is 0 Å². The van der Waals surface area contributed by atoms with Gasteiger partial charge < -0.3 is 9.62 Å². The summed E-state index contributed by atoms with van der Waals surface area (Å²) in [5.74, 6) is -1.02. The van der Waals surface area contributed by atoms with Crippen LogP contribution in [0.25, 0.3) is 0 Å². The van der Waals surface area contributed by atoms with Crippen LogP contribution in [0.2, 0.25) is 0 Å². The van der Waals surface area contributed by atoms with Crippen LogP contribution in [0, 0.1) is 0 Å². The molecule has 0 rings (SSSR count). The lowest BCUT2D eigenvalue weighted by atomic mass is 10.1. The molecule has 0 unspecified atom stereocenters. The van der Waals surface area contributed by atoms with Crippen molar-refractivity contribution in [3.63, 3.8) is 0 Å². The summed E-state index contributed by atoms with van der Waals surface area (Å²) in [4.78, 5) is 25.3. The first-order valence-electron chi connectivity index (χ1n) is 6.70. The van der Waals surface area contributed by atoms with Crippen LogP contribution in [-0.4, -0.2) is 23.8 Å². The number of ether oxygens (including phenoxy) is 1. The highest BCUT2D eigenvalue weighted by atomic mass is 17.1. The maximum Gasteiger partial charge on any atom is 0.342 e. The molecule has 1 N–H and O–H groups in total. The summed E-state index contributed by atoms with van der Waals surface area (Å²) in [6, 6.07) is 0. The highest BCUT2D eigenvalue weighted by molar-refractivity contribution is 5.72. The van der Waals surface area contributed by atoms with Crippen LogP contribution in [-0.2, 0) is 19.2 Å². The molecule has 0 aromatic heterocycles.